The van der Waals surface area contributed by atoms with Crippen LogP contribution in [0.15, 0.2) is 39.5 Å². The summed E-state index contributed by atoms with van der Waals surface area (Å²) in [5.74, 6) is -6.64. The van der Waals surface area contributed by atoms with Crippen LogP contribution in [0.1, 0.15) is 0 Å². The molecule has 0 fully saturated rings. The second kappa shape index (κ2) is 6.35. The molecule has 0 radical (unpaired) electrons. The number of amides is 1. The van der Waals surface area contributed by atoms with Crippen molar-refractivity contribution in [2.75, 3.05) is 5.32 Å². The van der Waals surface area contributed by atoms with E-state index in [4.69, 9.17) is 4.42 Å². The molecule has 11 heteroatoms. The monoisotopic (exact) mass is 367 g/mol. The van der Waals surface area contributed by atoms with E-state index in [-0.39, 0.29) is 16.8 Å². The number of fused-ring (bicyclic) bond motifs is 1. The molecule has 2 aromatic carbocycles. The molecule has 1 heterocycles. The van der Waals surface area contributed by atoms with Gasteiger partial charge in [-0.3, -0.25) is 19.5 Å². The minimum absolute atomic E-state index is 0.0986. The number of nitrogens with zero attached hydrogens (tertiary/aromatic N) is 2. The number of hydrogen-bond acceptors (Lipinski definition) is 5. The van der Waals surface area contributed by atoms with Gasteiger partial charge in [-0.15, -0.1) is 0 Å². The molecule has 0 atom stereocenters. The number of aromatic nitrogens is 1. The van der Waals surface area contributed by atoms with Crippen molar-refractivity contribution in [1.82, 2.24) is 4.57 Å². The fraction of sp³-hybridized carbons (Fsp3) is 0.0667. The van der Waals surface area contributed by atoms with Gasteiger partial charge in [0.05, 0.1) is 22.2 Å². The van der Waals surface area contributed by atoms with E-state index in [1.807, 2.05) is 5.32 Å². The van der Waals surface area contributed by atoms with Gasteiger partial charge in [-0.1, -0.05) is 0 Å². The number of nitro groups is 1. The lowest BCUT2D eigenvalue weighted by Gasteiger charge is -2.07. The summed E-state index contributed by atoms with van der Waals surface area (Å²) in [4.78, 5) is 33.9. The Balaban J connectivity index is 1.88. The molecule has 0 spiro atoms. The van der Waals surface area contributed by atoms with Crippen molar-refractivity contribution in [2.45, 2.75) is 6.54 Å². The Morgan fingerprint density at radius 1 is 1.19 bits per heavy atom. The smallest absolute Gasteiger partial charge is 0.407 e. The molecule has 0 aliphatic heterocycles. The van der Waals surface area contributed by atoms with E-state index in [0.29, 0.717) is 6.07 Å². The van der Waals surface area contributed by atoms with Crippen molar-refractivity contribution in [3.63, 3.8) is 0 Å². The average molecular weight is 367 g/mol. The summed E-state index contributed by atoms with van der Waals surface area (Å²) in [6.45, 7) is -0.637. The SMILES string of the molecule is O=C(Cn1c(=O)oc2cc([N+](=O)[O-])ccc21)Nc1ccc(F)c(F)c1F. The third-order valence-corrected chi connectivity index (χ3v) is 3.47. The van der Waals surface area contributed by atoms with Gasteiger partial charge in [0.15, 0.2) is 23.0 Å². The molecular weight excluding hydrogens is 359 g/mol. The van der Waals surface area contributed by atoms with E-state index in [1.165, 1.54) is 6.07 Å². The van der Waals surface area contributed by atoms with Crippen LogP contribution in [0.3, 0.4) is 0 Å². The van der Waals surface area contributed by atoms with E-state index >= 15 is 0 Å². The van der Waals surface area contributed by atoms with Gasteiger partial charge in [-0.2, -0.15) is 0 Å². The number of carbonyl (C=O) groups is 1. The van der Waals surface area contributed by atoms with E-state index in [1.54, 1.807) is 0 Å². The summed E-state index contributed by atoms with van der Waals surface area (Å²) in [6, 6.07) is 4.79. The lowest BCUT2D eigenvalue weighted by Crippen LogP contribution is -2.25. The summed E-state index contributed by atoms with van der Waals surface area (Å²) in [6.07, 6.45) is 0. The average Bonchev–Trinajstić information content (AvgIpc) is 2.90. The second-order valence-electron chi connectivity index (χ2n) is 5.13. The molecule has 8 nitrogen and oxygen atoms in total. The van der Waals surface area contributed by atoms with Crippen LogP contribution >= 0.6 is 0 Å². The number of benzene rings is 2. The molecule has 1 aromatic heterocycles. The Morgan fingerprint density at radius 2 is 1.92 bits per heavy atom. The molecule has 0 saturated heterocycles. The quantitative estimate of drug-likeness (QED) is 0.433. The zero-order valence-corrected chi connectivity index (χ0v) is 12.7. The zero-order chi connectivity index (χ0) is 19.0. The molecule has 0 unspecified atom stereocenters. The van der Waals surface area contributed by atoms with Crippen LogP contribution in [-0.2, 0) is 11.3 Å². The molecular formula is C15H8F3N3O5. The summed E-state index contributed by atoms with van der Waals surface area (Å²) in [5, 5.41) is 12.7. The first-order valence-electron chi connectivity index (χ1n) is 6.99. The molecule has 1 amide bonds. The maximum Gasteiger partial charge on any atom is 0.420 e. The van der Waals surface area contributed by atoms with E-state index in [0.717, 1.165) is 22.8 Å². The largest absolute Gasteiger partial charge is 0.420 e. The number of nitrogens with one attached hydrogen (secondary N) is 1. The van der Waals surface area contributed by atoms with Crippen molar-refractivity contribution < 1.29 is 27.3 Å². The van der Waals surface area contributed by atoms with Crippen molar-refractivity contribution >= 4 is 28.4 Å². The molecule has 1 N–H and O–H groups in total. The van der Waals surface area contributed by atoms with Gasteiger partial charge in [-0.05, 0) is 18.2 Å². The van der Waals surface area contributed by atoms with Crippen molar-refractivity contribution in [2.24, 2.45) is 0 Å². The summed E-state index contributed by atoms with van der Waals surface area (Å²) in [5.41, 5.74) is -0.936. The summed E-state index contributed by atoms with van der Waals surface area (Å²) in [7, 11) is 0. The van der Waals surface area contributed by atoms with Crippen LogP contribution in [0, 0.1) is 27.6 Å². The van der Waals surface area contributed by atoms with Gasteiger partial charge >= 0.3 is 5.76 Å². The highest BCUT2D eigenvalue weighted by molar-refractivity contribution is 5.91. The van der Waals surface area contributed by atoms with Crippen molar-refractivity contribution in [1.29, 1.82) is 0 Å². The fourth-order valence-corrected chi connectivity index (χ4v) is 2.27. The molecule has 3 rings (SSSR count). The van der Waals surface area contributed by atoms with Crippen molar-refractivity contribution in [3.8, 4) is 0 Å². The third kappa shape index (κ3) is 3.01. The standard InChI is InChI=1S/C15H8F3N3O5/c16-8-2-3-9(14(18)13(8)17)19-12(22)6-20-10-4-1-7(21(24)25)5-11(10)26-15(20)23/h1-5H,6H2,(H,19,22). The molecule has 0 bridgehead atoms. The van der Waals surface area contributed by atoms with Crippen LogP contribution in [0.2, 0.25) is 0 Å². The number of non-ortho nitro benzene ring substituents is 1. The predicted molar refractivity (Wildman–Crippen MR) is 82.1 cm³/mol. The third-order valence-electron chi connectivity index (χ3n) is 3.47. The zero-order valence-electron chi connectivity index (χ0n) is 12.7. The Hall–Kier alpha value is -3.63. The highest BCUT2D eigenvalue weighted by Gasteiger charge is 2.18. The number of rotatable bonds is 4. The van der Waals surface area contributed by atoms with Crippen LogP contribution in [0.5, 0.6) is 0 Å². The van der Waals surface area contributed by atoms with Gasteiger partial charge in [-0.25, -0.2) is 18.0 Å². The minimum Gasteiger partial charge on any atom is -0.407 e. The minimum atomic E-state index is -1.75. The van der Waals surface area contributed by atoms with Crippen LogP contribution in [0.25, 0.3) is 11.1 Å². The Bertz CT molecular complexity index is 1110. The fourth-order valence-electron chi connectivity index (χ4n) is 2.27. The molecule has 0 saturated carbocycles. The lowest BCUT2D eigenvalue weighted by molar-refractivity contribution is -0.384. The van der Waals surface area contributed by atoms with E-state index < -0.39 is 46.3 Å². The molecule has 0 aliphatic rings. The summed E-state index contributed by atoms with van der Waals surface area (Å²) >= 11 is 0. The number of carbonyl (C=O) groups excluding carboxylic acids is 1. The topological polar surface area (TPSA) is 107 Å². The van der Waals surface area contributed by atoms with E-state index in [9.17, 15) is 32.9 Å². The lowest BCUT2D eigenvalue weighted by atomic mass is 10.2. The Morgan fingerprint density at radius 3 is 2.62 bits per heavy atom. The Labute approximate surface area is 141 Å². The molecule has 0 aliphatic carbocycles. The van der Waals surface area contributed by atoms with Crippen molar-refractivity contribution in [3.05, 3.63) is 68.4 Å². The second-order valence-corrected chi connectivity index (χ2v) is 5.13. The highest BCUT2D eigenvalue weighted by atomic mass is 19.2. The molecule has 3 aromatic rings. The first-order chi connectivity index (χ1) is 12.3. The number of oxazole rings is 1. The van der Waals surface area contributed by atoms with Gasteiger partial charge in [0.2, 0.25) is 5.91 Å². The van der Waals surface area contributed by atoms with Crippen LogP contribution in [0.4, 0.5) is 24.5 Å². The first-order valence-corrected chi connectivity index (χ1v) is 6.99. The maximum absolute atomic E-state index is 13.6. The van der Waals surface area contributed by atoms with E-state index in [2.05, 4.69) is 0 Å². The maximum atomic E-state index is 13.6. The summed E-state index contributed by atoms with van der Waals surface area (Å²) < 4.78 is 45.3. The molecule has 134 valence electrons. The van der Waals surface area contributed by atoms with Gasteiger partial charge in [0.1, 0.15) is 6.54 Å². The van der Waals surface area contributed by atoms with Gasteiger partial charge < -0.3 is 9.73 Å². The highest BCUT2D eigenvalue weighted by Crippen LogP contribution is 2.21. The predicted octanol–water partition coefficient (Wildman–Crippen LogP) is 2.56. The number of halogens is 3. The molecule has 26 heavy (non-hydrogen) atoms. The van der Waals surface area contributed by atoms with Gasteiger partial charge in [0.25, 0.3) is 5.69 Å². The number of nitro benzene ring substituents is 1. The number of anilines is 1. The number of hydrogen-bond donors (Lipinski definition) is 1. The Kier molecular flexibility index (Phi) is 4.20. The van der Waals surface area contributed by atoms with Crippen LogP contribution in [-0.4, -0.2) is 15.4 Å². The van der Waals surface area contributed by atoms with Crippen LogP contribution < -0.4 is 11.1 Å². The normalized spacial score (nSPS) is 10.9. The van der Waals surface area contributed by atoms with Gasteiger partial charge in [0, 0.05) is 6.07 Å². The first kappa shape index (κ1) is 17.2.